The van der Waals surface area contributed by atoms with Crippen molar-refractivity contribution < 1.29 is 18.3 Å². The Labute approximate surface area is 128 Å². The molecule has 0 radical (unpaired) electrons. The molecule has 5 nitrogen and oxygen atoms in total. The van der Waals surface area contributed by atoms with Crippen LogP contribution in [0.25, 0.3) is 0 Å². The lowest BCUT2D eigenvalue weighted by Gasteiger charge is -2.05. The molecule has 1 heterocycles. The molecule has 1 aromatic heterocycles. The number of rotatable bonds is 4. The molecule has 0 bridgehead atoms. The van der Waals surface area contributed by atoms with Crippen molar-refractivity contribution in [3.63, 3.8) is 0 Å². The molecule has 8 heteroatoms. The third-order valence-corrected chi connectivity index (χ3v) is 5.69. The predicted molar refractivity (Wildman–Crippen MR) is 78.8 cm³/mol. The van der Waals surface area contributed by atoms with E-state index in [0.29, 0.717) is 10.2 Å². The van der Waals surface area contributed by atoms with Crippen molar-refractivity contribution in [1.29, 1.82) is 0 Å². The van der Waals surface area contributed by atoms with Crippen LogP contribution in [-0.2, 0) is 15.6 Å². The Bertz CT molecular complexity index is 768. The highest BCUT2D eigenvalue weighted by atomic mass is 79.9. The van der Waals surface area contributed by atoms with Gasteiger partial charge in [0, 0.05) is 9.85 Å². The van der Waals surface area contributed by atoms with Gasteiger partial charge in [-0.2, -0.15) is 0 Å². The number of aryl methyl sites for hydroxylation is 1. The second-order valence-electron chi connectivity index (χ2n) is 4.06. The number of halogens is 1. The minimum atomic E-state index is -3.61. The van der Waals surface area contributed by atoms with Crippen molar-refractivity contribution in [2.45, 2.75) is 17.6 Å². The van der Waals surface area contributed by atoms with E-state index in [0.717, 1.165) is 11.1 Å². The normalized spacial score (nSPS) is 11.5. The molecule has 0 aliphatic heterocycles. The number of hydrogen-bond acceptors (Lipinski definition) is 5. The molecule has 0 saturated heterocycles. The fraction of sp³-hybridized carbons (Fsp3) is 0.167. The van der Waals surface area contributed by atoms with Crippen LogP contribution >= 0.6 is 27.3 Å². The highest BCUT2D eigenvalue weighted by Gasteiger charge is 2.20. The molecule has 0 aliphatic carbocycles. The molecular weight excluding hydrogens is 366 g/mol. The van der Waals surface area contributed by atoms with Crippen molar-refractivity contribution >= 4 is 43.1 Å². The Morgan fingerprint density at radius 2 is 2.15 bits per heavy atom. The van der Waals surface area contributed by atoms with Gasteiger partial charge in [0.15, 0.2) is 9.84 Å². The number of carbonyl (C=O) groups is 1. The second-order valence-corrected chi connectivity index (χ2v) is 7.97. The van der Waals surface area contributed by atoms with Crippen LogP contribution in [0.15, 0.2) is 32.9 Å². The molecule has 0 amide bonds. The molecule has 1 aromatic carbocycles. The molecule has 106 valence electrons. The van der Waals surface area contributed by atoms with Gasteiger partial charge in [-0.05, 0) is 41.1 Å². The first-order chi connectivity index (χ1) is 9.29. The fourth-order valence-electron chi connectivity index (χ4n) is 1.61. The van der Waals surface area contributed by atoms with E-state index in [1.165, 1.54) is 23.5 Å². The number of carboxylic acids is 1. The van der Waals surface area contributed by atoms with Gasteiger partial charge in [-0.3, -0.25) is 0 Å². The monoisotopic (exact) mass is 375 g/mol. The maximum Gasteiger partial charge on any atom is 0.336 e. The van der Waals surface area contributed by atoms with Gasteiger partial charge in [-0.15, -0.1) is 11.3 Å². The predicted octanol–water partition coefficient (Wildman–Crippen LogP) is 2.89. The molecule has 0 aliphatic rings. The van der Waals surface area contributed by atoms with Gasteiger partial charge in [0.2, 0.25) is 0 Å². The smallest absolute Gasteiger partial charge is 0.336 e. The zero-order chi connectivity index (χ0) is 14.9. The number of nitrogens with zero attached hydrogens (tertiary/aromatic N) is 1. The van der Waals surface area contributed by atoms with Crippen molar-refractivity contribution in [3.05, 3.63) is 44.3 Å². The number of thiazole rings is 1. The van der Waals surface area contributed by atoms with Crippen LogP contribution in [0.4, 0.5) is 0 Å². The first-order valence-electron chi connectivity index (χ1n) is 5.46. The summed E-state index contributed by atoms with van der Waals surface area (Å²) in [7, 11) is -3.61. The van der Waals surface area contributed by atoms with Crippen molar-refractivity contribution in [1.82, 2.24) is 4.98 Å². The van der Waals surface area contributed by atoms with Gasteiger partial charge < -0.3 is 5.11 Å². The summed E-state index contributed by atoms with van der Waals surface area (Å²) in [6, 6.07) is 3.95. The third-order valence-electron chi connectivity index (χ3n) is 2.53. The number of benzene rings is 1. The van der Waals surface area contributed by atoms with Crippen LogP contribution in [0.5, 0.6) is 0 Å². The van der Waals surface area contributed by atoms with E-state index in [1.807, 2.05) is 0 Å². The SMILES string of the molecule is Cc1nc(CS(=O)(=O)c2ccc(Br)c(C(=O)O)c2)cs1. The molecule has 0 saturated carbocycles. The Morgan fingerprint density at radius 1 is 1.45 bits per heavy atom. The zero-order valence-electron chi connectivity index (χ0n) is 10.3. The number of hydrogen-bond donors (Lipinski definition) is 1. The molecule has 0 atom stereocenters. The minimum Gasteiger partial charge on any atom is -0.478 e. The molecule has 0 spiro atoms. The van der Waals surface area contributed by atoms with E-state index >= 15 is 0 Å². The van der Waals surface area contributed by atoms with E-state index in [2.05, 4.69) is 20.9 Å². The number of sulfone groups is 1. The van der Waals surface area contributed by atoms with Gasteiger partial charge in [-0.25, -0.2) is 18.2 Å². The van der Waals surface area contributed by atoms with Gasteiger partial charge in [0.25, 0.3) is 0 Å². The average Bonchev–Trinajstić information content (AvgIpc) is 2.73. The van der Waals surface area contributed by atoms with Crippen LogP contribution in [-0.4, -0.2) is 24.5 Å². The van der Waals surface area contributed by atoms with E-state index in [-0.39, 0.29) is 16.2 Å². The molecule has 0 fully saturated rings. The molecule has 2 aromatic rings. The van der Waals surface area contributed by atoms with Crippen LogP contribution < -0.4 is 0 Å². The Morgan fingerprint density at radius 3 is 2.70 bits per heavy atom. The Hall–Kier alpha value is -1.25. The van der Waals surface area contributed by atoms with E-state index in [1.54, 1.807) is 12.3 Å². The summed E-state index contributed by atoms with van der Waals surface area (Å²) in [5.41, 5.74) is 0.382. The molecular formula is C12H10BrNO4S2. The van der Waals surface area contributed by atoms with E-state index in [4.69, 9.17) is 5.11 Å². The maximum atomic E-state index is 12.3. The summed E-state index contributed by atoms with van der Waals surface area (Å²) < 4.78 is 24.8. The first-order valence-corrected chi connectivity index (χ1v) is 8.79. The highest BCUT2D eigenvalue weighted by molar-refractivity contribution is 9.10. The van der Waals surface area contributed by atoms with Crippen molar-refractivity contribution in [3.8, 4) is 0 Å². The van der Waals surface area contributed by atoms with Crippen molar-refractivity contribution in [2.75, 3.05) is 0 Å². The number of carboxylic acid groups (broad SMARTS) is 1. The fourth-order valence-corrected chi connectivity index (χ4v) is 4.03. The molecule has 20 heavy (non-hydrogen) atoms. The highest BCUT2D eigenvalue weighted by Crippen LogP contribution is 2.24. The first kappa shape index (κ1) is 15.1. The van der Waals surface area contributed by atoms with E-state index < -0.39 is 15.8 Å². The van der Waals surface area contributed by atoms with Crippen LogP contribution in [0.2, 0.25) is 0 Å². The summed E-state index contributed by atoms with van der Waals surface area (Å²) in [6.45, 7) is 1.79. The summed E-state index contributed by atoms with van der Waals surface area (Å²) in [4.78, 5) is 15.1. The Kier molecular flexibility index (Phi) is 4.26. The molecule has 1 N–H and O–H groups in total. The lowest BCUT2D eigenvalue weighted by molar-refractivity contribution is 0.0695. The second kappa shape index (κ2) is 5.63. The summed E-state index contributed by atoms with van der Waals surface area (Å²) in [5.74, 6) is -1.42. The number of aromatic nitrogens is 1. The summed E-state index contributed by atoms with van der Waals surface area (Å²) in [5, 5.41) is 11.5. The zero-order valence-corrected chi connectivity index (χ0v) is 13.5. The largest absolute Gasteiger partial charge is 0.478 e. The summed E-state index contributed by atoms with van der Waals surface area (Å²) >= 11 is 4.46. The molecule has 2 rings (SSSR count). The molecule has 0 unspecified atom stereocenters. The maximum absolute atomic E-state index is 12.3. The topological polar surface area (TPSA) is 84.3 Å². The van der Waals surface area contributed by atoms with Gasteiger partial charge in [0.1, 0.15) is 0 Å². The third kappa shape index (κ3) is 3.25. The van der Waals surface area contributed by atoms with Crippen LogP contribution in [0.3, 0.4) is 0 Å². The standard InChI is InChI=1S/C12H10BrNO4S2/c1-7-14-8(5-19-7)6-20(17,18)9-2-3-11(13)10(4-9)12(15)16/h2-5H,6H2,1H3,(H,15,16). The van der Waals surface area contributed by atoms with Crippen LogP contribution in [0, 0.1) is 6.92 Å². The lowest BCUT2D eigenvalue weighted by atomic mass is 10.2. The van der Waals surface area contributed by atoms with Crippen LogP contribution in [0.1, 0.15) is 21.1 Å². The summed E-state index contributed by atoms with van der Waals surface area (Å²) in [6.07, 6.45) is 0. The number of aromatic carboxylic acids is 1. The lowest BCUT2D eigenvalue weighted by Crippen LogP contribution is -2.07. The average molecular weight is 376 g/mol. The van der Waals surface area contributed by atoms with Gasteiger partial charge >= 0.3 is 5.97 Å². The van der Waals surface area contributed by atoms with E-state index in [9.17, 15) is 13.2 Å². The van der Waals surface area contributed by atoms with Gasteiger partial charge in [0.05, 0.1) is 26.9 Å². The quantitative estimate of drug-likeness (QED) is 0.887. The van der Waals surface area contributed by atoms with Crippen molar-refractivity contribution in [2.24, 2.45) is 0 Å². The minimum absolute atomic E-state index is 0.0243. The van der Waals surface area contributed by atoms with Gasteiger partial charge in [-0.1, -0.05) is 0 Å². The Balaban J connectivity index is 2.39.